The highest BCUT2D eigenvalue weighted by Gasteiger charge is 2.16. The third-order valence-electron chi connectivity index (χ3n) is 5.33. The third kappa shape index (κ3) is 12.9. The van der Waals surface area contributed by atoms with Crippen LogP contribution in [0.4, 0.5) is 0 Å². The topological polar surface area (TPSA) is 0 Å². The van der Waals surface area contributed by atoms with Crippen LogP contribution >= 0.6 is 35.3 Å². The van der Waals surface area contributed by atoms with Crippen LogP contribution in [0.25, 0.3) is 0 Å². The number of hydrogen-bond donors (Lipinski definition) is 0. The van der Waals surface area contributed by atoms with Crippen LogP contribution in [0.2, 0.25) is 0 Å². The summed E-state index contributed by atoms with van der Waals surface area (Å²) in [7, 11) is 9.39. The maximum atomic E-state index is 2.35. The van der Waals surface area contributed by atoms with Crippen molar-refractivity contribution in [2.24, 2.45) is 0 Å². The molecular weight excluding hydrogens is 437 g/mol. The summed E-state index contributed by atoms with van der Waals surface area (Å²) in [5.41, 5.74) is 2.88. The van der Waals surface area contributed by atoms with Gasteiger partial charge < -0.3 is 8.97 Å². The van der Waals surface area contributed by atoms with Crippen LogP contribution in [0.1, 0.15) is 11.1 Å². The number of quaternary nitrogens is 2. The van der Waals surface area contributed by atoms with Crippen molar-refractivity contribution < 1.29 is 8.97 Å². The van der Waals surface area contributed by atoms with Gasteiger partial charge in [-0.3, -0.25) is 0 Å². The van der Waals surface area contributed by atoms with E-state index in [2.05, 4.69) is 124 Å². The summed E-state index contributed by atoms with van der Waals surface area (Å²) in [5.74, 6) is 7.64. The van der Waals surface area contributed by atoms with Crippen molar-refractivity contribution in [1.82, 2.24) is 0 Å². The lowest BCUT2D eigenvalue weighted by Crippen LogP contribution is -2.40. The summed E-state index contributed by atoms with van der Waals surface area (Å²) >= 11 is 6.36. The number of nitrogens with zero attached hydrogens (tertiary/aromatic N) is 2. The molecule has 0 saturated heterocycles. The van der Waals surface area contributed by atoms with Crippen molar-refractivity contribution in [2.45, 2.75) is 13.1 Å². The van der Waals surface area contributed by atoms with Crippen LogP contribution in [-0.4, -0.2) is 84.8 Å². The molecule has 0 amide bonds. The summed E-state index contributed by atoms with van der Waals surface area (Å²) in [4.78, 5) is 0. The standard InChI is InChI=1S/C26H42N2S3/c1-27(2,23-25-11-7-5-8-12-25)15-17-29-19-21-31-22-20-30-18-16-28(3,4)24-26-13-9-6-10-14-26/h5-14H,15-24H2,1-4H3/q+2. The van der Waals surface area contributed by atoms with E-state index in [0.717, 1.165) is 22.1 Å². The lowest BCUT2D eigenvalue weighted by atomic mass is 10.2. The molecule has 0 unspecified atom stereocenters. The van der Waals surface area contributed by atoms with E-state index in [1.807, 2.05) is 0 Å². The Morgan fingerprint density at radius 3 is 1.16 bits per heavy atom. The van der Waals surface area contributed by atoms with Gasteiger partial charge in [-0.05, 0) is 0 Å². The third-order valence-corrected chi connectivity index (χ3v) is 8.76. The first-order valence-electron chi connectivity index (χ1n) is 11.3. The minimum atomic E-state index is 1.07. The maximum absolute atomic E-state index is 2.35. The lowest BCUT2D eigenvalue weighted by Gasteiger charge is -2.29. The molecule has 2 rings (SSSR count). The van der Waals surface area contributed by atoms with Crippen molar-refractivity contribution in [1.29, 1.82) is 0 Å². The van der Waals surface area contributed by atoms with Gasteiger partial charge in [0.2, 0.25) is 0 Å². The second kappa shape index (κ2) is 14.5. The molecule has 0 aliphatic heterocycles. The zero-order valence-electron chi connectivity index (χ0n) is 20.0. The minimum absolute atomic E-state index is 1.07. The lowest BCUT2D eigenvalue weighted by molar-refractivity contribution is -0.901. The highest BCUT2D eigenvalue weighted by atomic mass is 32.2. The molecule has 0 aliphatic rings. The molecule has 0 radical (unpaired) electrons. The fourth-order valence-electron chi connectivity index (χ4n) is 3.48. The Hall–Kier alpha value is -0.590. The molecule has 172 valence electrons. The van der Waals surface area contributed by atoms with E-state index in [9.17, 15) is 0 Å². The summed E-state index contributed by atoms with van der Waals surface area (Å²) in [6.07, 6.45) is 0. The van der Waals surface area contributed by atoms with Gasteiger partial charge in [-0.1, -0.05) is 60.7 Å². The molecule has 0 atom stereocenters. The summed E-state index contributed by atoms with van der Waals surface area (Å²) in [6, 6.07) is 21.7. The van der Waals surface area contributed by atoms with E-state index in [0.29, 0.717) is 0 Å². The second-order valence-corrected chi connectivity index (χ2v) is 13.1. The monoisotopic (exact) mass is 478 g/mol. The molecule has 2 aromatic carbocycles. The van der Waals surface area contributed by atoms with Gasteiger partial charge >= 0.3 is 0 Å². The number of hydrogen-bond acceptors (Lipinski definition) is 3. The fourth-order valence-corrected chi connectivity index (χ4v) is 7.22. The van der Waals surface area contributed by atoms with Crippen molar-refractivity contribution in [2.75, 3.05) is 75.8 Å². The Labute approximate surface area is 204 Å². The average molecular weight is 479 g/mol. The van der Waals surface area contributed by atoms with Gasteiger partial charge in [0.25, 0.3) is 0 Å². The van der Waals surface area contributed by atoms with Crippen LogP contribution in [0.3, 0.4) is 0 Å². The molecule has 0 heterocycles. The van der Waals surface area contributed by atoms with Gasteiger partial charge in [-0.25, -0.2) is 0 Å². The predicted octanol–water partition coefficient (Wildman–Crippen LogP) is 5.74. The first-order chi connectivity index (χ1) is 14.9. The molecule has 2 aromatic rings. The molecule has 0 N–H and O–H groups in total. The van der Waals surface area contributed by atoms with Crippen LogP contribution in [-0.2, 0) is 13.1 Å². The van der Waals surface area contributed by atoms with Crippen LogP contribution in [0, 0.1) is 0 Å². The molecular formula is C26H42N2S3+2. The smallest absolute Gasteiger partial charge is 0.104 e. The van der Waals surface area contributed by atoms with Gasteiger partial charge in [0.1, 0.15) is 13.1 Å². The zero-order valence-corrected chi connectivity index (χ0v) is 22.4. The van der Waals surface area contributed by atoms with Gasteiger partial charge in [-0.2, -0.15) is 35.3 Å². The molecule has 0 fully saturated rings. The molecule has 5 heteroatoms. The quantitative estimate of drug-likeness (QED) is 0.223. The predicted molar refractivity (Wildman–Crippen MR) is 146 cm³/mol. The van der Waals surface area contributed by atoms with Gasteiger partial charge in [0.05, 0.1) is 41.3 Å². The Balaban J connectivity index is 1.42. The number of rotatable bonds is 16. The fraction of sp³-hybridized carbons (Fsp3) is 0.538. The largest absolute Gasteiger partial charge is 0.324 e. The Morgan fingerprint density at radius 2 is 0.806 bits per heavy atom. The van der Waals surface area contributed by atoms with E-state index >= 15 is 0 Å². The van der Waals surface area contributed by atoms with Crippen LogP contribution < -0.4 is 0 Å². The molecule has 2 nitrogen and oxygen atoms in total. The van der Waals surface area contributed by atoms with Crippen LogP contribution in [0.15, 0.2) is 60.7 Å². The molecule has 0 aromatic heterocycles. The Morgan fingerprint density at radius 1 is 0.484 bits per heavy atom. The summed E-state index contributed by atoms with van der Waals surface area (Å²) in [5, 5.41) is 0. The van der Waals surface area contributed by atoms with E-state index < -0.39 is 0 Å². The zero-order chi connectivity index (χ0) is 22.4. The second-order valence-electron chi connectivity index (χ2n) is 9.44. The van der Waals surface area contributed by atoms with E-state index in [1.54, 1.807) is 0 Å². The highest BCUT2D eigenvalue weighted by molar-refractivity contribution is 8.04. The summed E-state index contributed by atoms with van der Waals surface area (Å²) < 4.78 is 2.14. The molecule has 31 heavy (non-hydrogen) atoms. The van der Waals surface area contributed by atoms with Gasteiger partial charge in [0.15, 0.2) is 0 Å². The SMILES string of the molecule is C[N+](C)(CCSCCSCCSCC[N+](C)(C)Cc1ccccc1)Cc1ccccc1. The van der Waals surface area contributed by atoms with Crippen molar-refractivity contribution >= 4 is 35.3 Å². The number of benzene rings is 2. The van der Waals surface area contributed by atoms with Crippen molar-refractivity contribution in [3.63, 3.8) is 0 Å². The summed E-state index contributed by atoms with van der Waals surface area (Å²) in [6.45, 7) is 4.71. The molecule has 0 spiro atoms. The molecule has 0 saturated carbocycles. The van der Waals surface area contributed by atoms with Crippen molar-refractivity contribution in [3.05, 3.63) is 71.8 Å². The van der Waals surface area contributed by atoms with Gasteiger partial charge in [0, 0.05) is 45.6 Å². The highest BCUT2D eigenvalue weighted by Crippen LogP contribution is 2.15. The van der Waals surface area contributed by atoms with Crippen molar-refractivity contribution in [3.8, 4) is 0 Å². The van der Waals surface area contributed by atoms with Crippen LogP contribution in [0.5, 0.6) is 0 Å². The Bertz CT molecular complexity index is 644. The minimum Gasteiger partial charge on any atom is -0.324 e. The van der Waals surface area contributed by atoms with Gasteiger partial charge in [-0.15, -0.1) is 0 Å². The van der Waals surface area contributed by atoms with E-state index in [1.165, 1.54) is 58.7 Å². The normalized spacial score (nSPS) is 12.3. The number of thioether (sulfide) groups is 3. The Kier molecular flexibility index (Phi) is 12.5. The van der Waals surface area contributed by atoms with E-state index in [4.69, 9.17) is 0 Å². The first kappa shape index (κ1) is 26.7. The first-order valence-corrected chi connectivity index (χ1v) is 14.8. The molecule has 0 bridgehead atoms. The maximum Gasteiger partial charge on any atom is 0.104 e. The molecule has 0 aliphatic carbocycles. The van der Waals surface area contributed by atoms with E-state index in [-0.39, 0.29) is 0 Å². The average Bonchev–Trinajstić information content (AvgIpc) is 2.72.